The maximum Gasteiger partial charge on any atom is 0.0749 e. The maximum atomic E-state index is 4.56. The van der Waals surface area contributed by atoms with E-state index in [1.54, 1.807) is 0 Å². The van der Waals surface area contributed by atoms with Gasteiger partial charge in [0.1, 0.15) is 0 Å². The van der Waals surface area contributed by atoms with Crippen LogP contribution in [0.2, 0.25) is 0 Å². The topological polar surface area (TPSA) is 24.9 Å². The van der Waals surface area contributed by atoms with Crippen molar-refractivity contribution in [1.82, 2.24) is 10.3 Å². The Labute approximate surface area is 133 Å². The fourth-order valence-electron chi connectivity index (χ4n) is 2.66. The van der Waals surface area contributed by atoms with Crippen LogP contribution in [0.5, 0.6) is 0 Å². The molecule has 0 amide bonds. The molecule has 3 heteroatoms. The summed E-state index contributed by atoms with van der Waals surface area (Å²) in [6, 6.07) is 19.1. The number of pyridine rings is 1. The van der Waals surface area contributed by atoms with Gasteiger partial charge in [0.25, 0.3) is 0 Å². The van der Waals surface area contributed by atoms with Crippen LogP contribution in [0.1, 0.15) is 17.2 Å². The molecule has 1 atom stereocenters. The minimum Gasteiger partial charge on any atom is -0.313 e. The van der Waals surface area contributed by atoms with Gasteiger partial charge in [-0.1, -0.05) is 58.4 Å². The number of hydrogen-bond donors (Lipinski definition) is 1. The van der Waals surface area contributed by atoms with Gasteiger partial charge in [-0.05, 0) is 36.7 Å². The van der Waals surface area contributed by atoms with Crippen molar-refractivity contribution in [2.45, 2.75) is 12.5 Å². The third-order valence-corrected chi connectivity index (χ3v) is 4.54. The highest BCUT2D eigenvalue weighted by atomic mass is 79.9. The third kappa shape index (κ3) is 2.99. The zero-order valence-electron chi connectivity index (χ0n) is 11.9. The van der Waals surface area contributed by atoms with Crippen LogP contribution in [0.4, 0.5) is 0 Å². The predicted octanol–water partition coefficient (Wildman–Crippen LogP) is 4.50. The molecule has 0 radical (unpaired) electrons. The van der Waals surface area contributed by atoms with E-state index in [0.717, 1.165) is 16.4 Å². The van der Waals surface area contributed by atoms with E-state index in [9.17, 15) is 0 Å². The number of nitrogens with one attached hydrogen (secondary N) is 1. The molecule has 1 unspecified atom stereocenters. The highest BCUT2D eigenvalue weighted by molar-refractivity contribution is 9.10. The van der Waals surface area contributed by atoms with Crippen molar-refractivity contribution in [3.63, 3.8) is 0 Å². The van der Waals surface area contributed by atoms with Crippen LogP contribution >= 0.6 is 15.9 Å². The van der Waals surface area contributed by atoms with Gasteiger partial charge in [0.15, 0.2) is 0 Å². The number of halogens is 1. The smallest absolute Gasteiger partial charge is 0.0749 e. The average molecular weight is 341 g/mol. The monoisotopic (exact) mass is 340 g/mol. The molecule has 0 aliphatic carbocycles. The van der Waals surface area contributed by atoms with Crippen LogP contribution in [-0.2, 0) is 6.42 Å². The molecule has 0 saturated heterocycles. The zero-order valence-corrected chi connectivity index (χ0v) is 13.5. The number of rotatable bonds is 4. The van der Waals surface area contributed by atoms with Gasteiger partial charge in [0.2, 0.25) is 0 Å². The first kappa shape index (κ1) is 14.2. The van der Waals surface area contributed by atoms with Crippen molar-refractivity contribution in [1.29, 1.82) is 0 Å². The summed E-state index contributed by atoms with van der Waals surface area (Å²) in [4.78, 5) is 4.56. The van der Waals surface area contributed by atoms with Crippen LogP contribution in [-0.4, -0.2) is 12.0 Å². The summed E-state index contributed by atoms with van der Waals surface area (Å²) in [5, 5.41) is 4.61. The van der Waals surface area contributed by atoms with Crippen molar-refractivity contribution in [3.8, 4) is 0 Å². The second kappa shape index (κ2) is 6.37. The molecule has 1 heterocycles. The van der Waals surface area contributed by atoms with E-state index in [0.29, 0.717) is 0 Å². The van der Waals surface area contributed by atoms with E-state index in [-0.39, 0.29) is 6.04 Å². The summed E-state index contributed by atoms with van der Waals surface area (Å²) >= 11 is 3.63. The molecule has 2 aromatic carbocycles. The highest BCUT2D eigenvalue weighted by Crippen LogP contribution is 2.27. The van der Waals surface area contributed by atoms with E-state index in [1.807, 2.05) is 25.4 Å². The molecule has 0 fully saturated rings. The lowest BCUT2D eigenvalue weighted by molar-refractivity contribution is 0.594. The minimum absolute atomic E-state index is 0.238. The lowest BCUT2D eigenvalue weighted by atomic mass is 9.97. The molecule has 2 nitrogen and oxygen atoms in total. The Morgan fingerprint density at radius 2 is 1.86 bits per heavy atom. The Hall–Kier alpha value is -1.71. The lowest BCUT2D eigenvalue weighted by Gasteiger charge is -2.19. The van der Waals surface area contributed by atoms with Crippen LogP contribution in [0, 0.1) is 0 Å². The van der Waals surface area contributed by atoms with Gasteiger partial charge in [-0.3, -0.25) is 4.98 Å². The average Bonchev–Trinajstić information content (AvgIpc) is 2.54. The lowest BCUT2D eigenvalue weighted by Crippen LogP contribution is -2.19. The molecule has 3 rings (SSSR count). The zero-order chi connectivity index (χ0) is 14.7. The second-order valence-corrected chi connectivity index (χ2v) is 5.91. The van der Waals surface area contributed by atoms with Crippen molar-refractivity contribution in [2.24, 2.45) is 0 Å². The molecule has 0 saturated carbocycles. The standard InChI is InChI=1S/C18H17BrN2/c1-20-17(12-14-6-2-3-10-16(14)19)15-9-4-7-13-8-5-11-21-18(13)15/h2-11,17,20H,12H2,1H3. The molecular formula is C18H17BrN2. The number of likely N-dealkylation sites (N-methyl/N-ethyl adjacent to an activating group) is 1. The Morgan fingerprint density at radius 1 is 1.05 bits per heavy atom. The van der Waals surface area contributed by atoms with Gasteiger partial charge in [0, 0.05) is 22.1 Å². The first-order valence-electron chi connectivity index (χ1n) is 7.04. The first-order chi connectivity index (χ1) is 10.3. The van der Waals surface area contributed by atoms with Crippen LogP contribution in [0.3, 0.4) is 0 Å². The predicted molar refractivity (Wildman–Crippen MR) is 91.4 cm³/mol. The molecule has 106 valence electrons. The van der Waals surface area contributed by atoms with E-state index < -0.39 is 0 Å². The van der Waals surface area contributed by atoms with Crippen molar-refractivity contribution in [3.05, 3.63) is 76.4 Å². The maximum absolute atomic E-state index is 4.56. The van der Waals surface area contributed by atoms with Gasteiger partial charge in [0.05, 0.1) is 5.52 Å². The number of hydrogen-bond acceptors (Lipinski definition) is 2. The molecular weight excluding hydrogens is 324 g/mol. The van der Waals surface area contributed by atoms with Crippen molar-refractivity contribution in [2.75, 3.05) is 7.05 Å². The second-order valence-electron chi connectivity index (χ2n) is 5.06. The summed E-state index contributed by atoms with van der Waals surface area (Å²) < 4.78 is 1.15. The molecule has 1 N–H and O–H groups in total. The summed E-state index contributed by atoms with van der Waals surface area (Å²) in [6.07, 6.45) is 2.78. The molecule has 0 bridgehead atoms. The minimum atomic E-state index is 0.238. The number of aromatic nitrogens is 1. The van der Waals surface area contributed by atoms with Crippen molar-refractivity contribution < 1.29 is 0 Å². The molecule has 1 aromatic heterocycles. The Balaban J connectivity index is 2.01. The molecule has 0 aliphatic rings. The molecule has 0 spiro atoms. The summed E-state index contributed by atoms with van der Waals surface area (Å²) in [6.45, 7) is 0. The van der Waals surface area contributed by atoms with Gasteiger partial charge in [-0.15, -0.1) is 0 Å². The number of para-hydroxylation sites is 1. The molecule has 0 aliphatic heterocycles. The normalized spacial score (nSPS) is 12.5. The third-order valence-electron chi connectivity index (χ3n) is 3.77. The van der Waals surface area contributed by atoms with Crippen LogP contribution in [0.15, 0.2) is 65.3 Å². The van der Waals surface area contributed by atoms with E-state index in [4.69, 9.17) is 0 Å². The Kier molecular flexibility index (Phi) is 4.32. The quantitative estimate of drug-likeness (QED) is 0.756. The van der Waals surface area contributed by atoms with Gasteiger partial charge >= 0.3 is 0 Å². The fraction of sp³-hybridized carbons (Fsp3) is 0.167. The van der Waals surface area contributed by atoms with Crippen LogP contribution in [0.25, 0.3) is 10.9 Å². The fourth-order valence-corrected chi connectivity index (χ4v) is 3.11. The number of nitrogens with zero attached hydrogens (tertiary/aromatic N) is 1. The molecule has 3 aromatic rings. The summed E-state index contributed by atoms with van der Waals surface area (Å²) in [7, 11) is 2.00. The van der Waals surface area contributed by atoms with E-state index in [2.05, 4.69) is 68.7 Å². The highest BCUT2D eigenvalue weighted by Gasteiger charge is 2.15. The van der Waals surface area contributed by atoms with Crippen LogP contribution < -0.4 is 5.32 Å². The van der Waals surface area contributed by atoms with Gasteiger partial charge < -0.3 is 5.32 Å². The van der Waals surface area contributed by atoms with Gasteiger partial charge in [-0.25, -0.2) is 0 Å². The number of fused-ring (bicyclic) bond motifs is 1. The van der Waals surface area contributed by atoms with E-state index >= 15 is 0 Å². The van der Waals surface area contributed by atoms with E-state index in [1.165, 1.54) is 16.5 Å². The Morgan fingerprint density at radius 3 is 2.67 bits per heavy atom. The van der Waals surface area contributed by atoms with Gasteiger partial charge in [-0.2, -0.15) is 0 Å². The Bertz CT molecular complexity index is 750. The number of benzene rings is 2. The largest absolute Gasteiger partial charge is 0.313 e. The summed E-state index contributed by atoms with van der Waals surface area (Å²) in [5.41, 5.74) is 3.61. The summed E-state index contributed by atoms with van der Waals surface area (Å²) in [5.74, 6) is 0. The SMILES string of the molecule is CNC(Cc1ccccc1Br)c1cccc2cccnc12. The first-order valence-corrected chi connectivity index (χ1v) is 7.83. The molecule has 21 heavy (non-hydrogen) atoms. The van der Waals surface area contributed by atoms with Crippen molar-refractivity contribution >= 4 is 26.8 Å².